The van der Waals surface area contributed by atoms with Crippen LogP contribution in [0.2, 0.25) is 0 Å². The molecule has 0 aliphatic carbocycles. The average Bonchev–Trinajstić information content (AvgIpc) is 3.12. The van der Waals surface area contributed by atoms with Gasteiger partial charge in [-0.1, -0.05) is 0 Å². The van der Waals surface area contributed by atoms with Crippen molar-refractivity contribution < 1.29 is 58.8 Å². The zero-order valence-electron chi connectivity index (χ0n) is 28.0. The molecule has 3 aromatic carbocycles. The Labute approximate surface area is 316 Å². The highest BCUT2D eigenvalue weighted by Gasteiger charge is 2.34. The highest BCUT2D eigenvalue weighted by atomic mass is 79.9. The molecule has 4 N–H and O–H groups in total. The summed E-state index contributed by atoms with van der Waals surface area (Å²) in [6.07, 6.45) is -13.7. The minimum Gasteiger partial charge on any atom is -0.480 e. The number of nitro benzene ring substituents is 2. The maximum Gasteiger partial charge on any atom is 0.416 e. The molecule has 0 fully saturated rings. The molecule has 5 aromatic rings. The van der Waals surface area contributed by atoms with E-state index < -0.39 is 56.4 Å². The number of benzene rings is 3. The van der Waals surface area contributed by atoms with E-state index in [-0.39, 0.29) is 27.5 Å². The molecule has 0 bridgehead atoms. The summed E-state index contributed by atoms with van der Waals surface area (Å²) in [6, 6.07) is 13.5. The van der Waals surface area contributed by atoms with Gasteiger partial charge in [0.15, 0.2) is 11.6 Å². The predicted octanol–water partition coefficient (Wildman–Crippen LogP) is 9.36. The largest absolute Gasteiger partial charge is 0.480 e. The Balaban J connectivity index is 0.000000231. The number of aromatic nitrogens is 4. The van der Waals surface area contributed by atoms with E-state index in [1.165, 1.54) is 32.4 Å². The number of nitrogen functional groups attached to an aromatic ring is 1. The fraction of sp³-hybridized carbons (Fsp3) is 0.161. The fourth-order valence-corrected chi connectivity index (χ4v) is 4.31. The molecule has 2 aromatic heterocycles. The smallest absolute Gasteiger partial charge is 0.416 e. The minimum absolute atomic E-state index is 0.0236. The van der Waals surface area contributed by atoms with Gasteiger partial charge in [0, 0.05) is 24.3 Å². The number of halogens is 10. The third-order valence-electron chi connectivity index (χ3n) is 6.59. The van der Waals surface area contributed by atoms with Gasteiger partial charge in [-0.3, -0.25) is 20.2 Å². The van der Waals surface area contributed by atoms with Crippen LogP contribution in [0, 0.1) is 20.2 Å². The van der Waals surface area contributed by atoms with Gasteiger partial charge in [-0.2, -0.15) is 39.5 Å². The maximum absolute atomic E-state index is 12.6. The number of methoxy groups -OCH3 is 2. The van der Waals surface area contributed by atoms with Gasteiger partial charge in [-0.25, -0.2) is 0 Å². The number of alkyl halides is 9. The molecule has 5 rings (SSSR count). The molecule has 0 aliphatic rings. The molecule has 0 amide bonds. The van der Waals surface area contributed by atoms with E-state index in [4.69, 9.17) is 15.2 Å². The maximum atomic E-state index is 12.6. The van der Waals surface area contributed by atoms with Crippen molar-refractivity contribution >= 4 is 56.0 Å². The Bertz CT molecular complexity index is 2140. The van der Waals surface area contributed by atoms with Crippen molar-refractivity contribution in [2.45, 2.75) is 18.5 Å². The van der Waals surface area contributed by atoms with Gasteiger partial charge in [0.1, 0.15) is 5.69 Å². The van der Waals surface area contributed by atoms with E-state index in [9.17, 15) is 59.7 Å². The molecular formula is C31H23BrF9N9O6. The summed E-state index contributed by atoms with van der Waals surface area (Å²) >= 11 is 2.79. The number of nitrogens with one attached hydrogen (secondary N) is 2. The molecule has 0 aliphatic heterocycles. The van der Waals surface area contributed by atoms with E-state index in [0.29, 0.717) is 29.5 Å². The zero-order chi connectivity index (χ0) is 42.0. The van der Waals surface area contributed by atoms with Crippen molar-refractivity contribution in [1.82, 2.24) is 20.4 Å². The zero-order valence-corrected chi connectivity index (χ0v) is 29.6. The van der Waals surface area contributed by atoms with Crippen LogP contribution >= 0.6 is 15.9 Å². The Morgan fingerprint density at radius 1 is 0.589 bits per heavy atom. The minimum atomic E-state index is -4.66. The first-order valence-corrected chi connectivity index (χ1v) is 15.5. The highest BCUT2D eigenvalue weighted by molar-refractivity contribution is 9.10. The number of rotatable bonds is 8. The summed E-state index contributed by atoms with van der Waals surface area (Å²) < 4.78 is 121. The summed E-state index contributed by atoms with van der Waals surface area (Å²) in [7, 11) is 2.84. The van der Waals surface area contributed by atoms with Crippen molar-refractivity contribution in [3.05, 3.63) is 120 Å². The number of hydrogen-bond acceptors (Lipinski definition) is 13. The molecule has 0 saturated heterocycles. The number of nitro groups is 2. The number of nitrogens with zero attached hydrogens (tertiary/aromatic N) is 6. The lowest BCUT2D eigenvalue weighted by atomic mass is 10.1. The van der Waals surface area contributed by atoms with Crippen LogP contribution < -0.4 is 25.8 Å². The van der Waals surface area contributed by atoms with Gasteiger partial charge in [0.2, 0.25) is 11.8 Å². The third-order valence-corrected chi connectivity index (χ3v) is 7.27. The first kappa shape index (κ1) is 43.9. The second-order valence-corrected chi connectivity index (χ2v) is 11.2. The molecule has 298 valence electrons. The van der Waals surface area contributed by atoms with Crippen LogP contribution in [0.25, 0.3) is 0 Å². The summed E-state index contributed by atoms with van der Waals surface area (Å²) in [6.45, 7) is 0. The van der Waals surface area contributed by atoms with Crippen LogP contribution in [-0.2, 0) is 18.5 Å². The summed E-state index contributed by atoms with van der Waals surface area (Å²) in [4.78, 5) is 19.5. The Hall–Kier alpha value is -6.53. The van der Waals surface area contributed by atoms with Crippen molar-refractivity contribution in [3.8, 4) is 11.8 Å². The third kappa shape index (κ3) is 12.5. The molecular weight excluding hydrogens is 845 g/mol. The van der Waals surface area contributed by atoms with Crippen LogP contribution in [0.15, 0.2) is 83.3 Å². The van der Waals surface area contributed by atoms with Crippen molar-refractivity contribution in [2.75, 3.05) is 30.6 Å². The van der Waals surface area contributed by atoms with Crippen LogP contribution in [-0.4, -0.2) is 44.5 Å². The lowest BCUT2D eigenvalue weighted by Crippen LogP contribution is -2.07. The van der Waals surface area contributed by atoms with Gasteiger partial charge in [-0.05, 0) is 70.5 Å². The fourth-order valence-electron chi connectivity index (χ4n) is 3.91. The van der Waals surface area contributed by atoms with Gasteiger partial charge in [0.05, 0.1) is 56.6 Å². The monoisotopic (exact) mass is 867 g/mol. The number of hydrogen-bond donors (Lipinski definition) is 3. The van der Waals surface area contributed by atoms with Crippen molar-refractivity contribution in [1.29, 1.82) is 0 Å². The van der Waals surface area contributed by atoms with E-state index >= 15 is 0 Å². The molecule has 0 saturated carbocycles. The van der Waals surface area contributed by atoms with Crippen LogP contribution in [0.3, 0.4) is 0 Å². The number of anilines is 5. The molecule has 0 atom stereocenters. The van der Waals surface area contributed by atoms with Gasteiger partial charge in [0.25, 0.3) is 11.4 Å². The van der Waals surface area contributed by atoms with Crippen LogP contribution in [0.4, 0.5) is 79.6 Å². The Morgan fingerprint density at radius 2 is 0.982 bits per heavy atom. The molecule has 25 heteroatoms. The number of ether oxygens (including phenoxy) is 2. The number of nitrogens with two attached hydrogens (primary N) is 1. The molecule has 15 nitrogen and oxygen atoms in total. The predicted molar refractivity (Wildman–Crippen MR) is 183 cm³/mol. The average molecular weight is 868 g/mol. The van der Waals surface area contributed by atoms with E-state index in [1.807, 2.05) is 0 Å². The SMILES string of the molecule is COc1ccc(Nc2ccc(C(F)(F)F)cc2N)nn1.COc1ccc(Nc2ccc(C(F)(F)F)cc2[N+](=O)[O-])nn1.O=[N+]([O-])c1cc(C(F)(F)F)ccc1Br. The van der Waals surface area contributed by atoms with E-state index in [0.717, 1.165) is 36.4 Å². The van der Waals surface area contributed by atoms with Gasteiger partial charge in [-0.15, -0.1) is 20.4 Å². The standard InChI is InChI=1S/C12H9F3N4O3.C12H11F3N4O.C7H3BrF3NO2/c1-22-11-5-4-10(17-18-11)16-8-3-2-7(12(13,14)15)6-9(8)19(20)21;1-20-11-5-4-10(18-19-11)17-9-3-2-7(6-8(9)16)12(13,14)15;8-5-2-1-4(7(9,10)11)3-6(5)12(13)14/h2-6H,1H3,(H,16,17);2-6H,16H2,1H3,(H,17,18);1-3H. The van der Waals surface area contributed by atoms with Crippen LogP contribution in [0.1, 0.15) is 16.7 Å². The topological polar surface area (TPSA) is 206 Å². The highest BCUT2D eigenvalue weighted by Crippen LogP contribution is 2.37. The first-order valence-electron chi connectivity index (χ1n) is 14.7. The lowest BCUT2D eigenvalue weighted by molar-refractivity contribution is -0.385. The Kier molecular flexibility index (Phi) is 14.3. The second kappa shape index (κ2) is 18.2. The quantitative estimate of drug-likeness (QED) is 0.0576. The van der Waals surface area contributed by atoms with E-state index in [1.54, 1.807) is 12.1 Å². The summed E-state index contributed by atoms with van der Waals surface area (Å²) in [5, 5.41) is 41.4. The molecule has 0 unspecified atom stereocenters. The van der Waals surface area contributed by atoms with E-state index in [2.05, 4.69) is 47.0 Å². The first-order chi connectivity index (χ1) is 26.0. The van der Waals surface area contributed by atoms with Gasteiger partial charge >= 0.3 is 18.5 Å². The lowest BCUT2D eigenvalue weighted by Gasteiger charge is -2.12. The molecule has 0 radical (unpaired) electrons. The summed E-state index contributed by atoms with van der Waals surface area (Å²) in [5.41, 5.74) is 1.49. The molecule has 0 spiro atoms. The molecule has 2 heterocycles. The van der Waals surface area contributed by atoms with Gasteiger partial charge < -0.3 is 25.8 Å². The normalized spacial score (nSPS) is 11.2. The summed E-state index contributed by atoms with van der Waals surface area (Å²) in [5.74, 6) is 1.03. The van der Waals surface area contributed by atoms with Crippen molar-refractivity contribution in [2.24, 2.45) is 0 Å². The van der Waals surface area contributed by atoms with Crippen molar-refractivity contribution in [3.63, 3.8) is 0 Å². The Morgan fingerprint density at radius 3 is 1.36 bits per heavy atom. The van der Waals surface area contributed by atoms with Crippen LogP contribution in [0.5, 0.6) is 11.8 Å². The molecule has 56 heavy (non-hydrogen) atoms. The second-order valence-electron chi connectivity index (χ2n) is 10.4.